The lowest BCUT2D eigenvalue weighted by Gasteiger charge is -1.98. The maximum atomic E-state index is 12.6. The van der Waals surface area contributed by atoms with Crippen LogP contribution in [-0.2, 0) is 6.42 Å². The van der Waals surface area contributed by atoms with Gasteiger partial charge in [0.1, 0.15) is 0 Å². The van der Waals surface area contributed by atoms with Gasteiger partial charge in [0.05, 0.1) is 4.88 Å². The second-order valence-electron chi connectivity index (χ2n) is 4.31. The third kappa shape index (κ3) is 2.15. The molecule has 0 amide bonds. The van der Waals surface area contributed by atoms with Crippen molar-refractivity contribution in [1.82, 2.24) is 4.98 Å². The predicted octanol–water partition coefficient (Wildman–Crippen LogP) is 4.79. The van der Waals surface area contributed by atoms with Gasteiger partial charge in [0.2, 0.25) is 5.78 Å². The third-order valence-corrected chi connectivity index (χ3v) is 5.02. The van der Waals surface area contributed by atoms with Crippen molar-refractivity contribution in [2.75, 3.05) is 0 Å². The molecular weight excluding hydrogens is 322 g/mol. The van der Waals surface area contributed by atoms with E-state index in [2.05, 4.69) is 27.8 Å². The van der Waals surface area contributed by atoms with Crippen molar-refractivity contribution in [3.63, 3.8) is 0 Å². The van der Waals surface area contributed by atoms with Gasteiger partial charge in [-0.3, -0.25) is 4.79 Å². The lowest BCUT2D eigenvalue weighted by molar-refractivity contribution is 0.104. The fourth-order valence-electron chi connectivity index (χ4n) is 2.14. The highest BCUT2D eigenvalue weighted by Crippen LogP contribution is 2.30. The van der Waals surface area contributed by atoms with Gasteiger partial charge in [-0.25, -0.2) is 0 Å². The highest BCUT2D eigenvalue weighted by atomic mass is 79.9. The van der Waals surface area contributed by atoms with Gasteiger partial charge in [-0.05, 0) is 30.7 Å². The van der Waals surface area contributed by atoms with Gasteiger partial charge >= 0.3 is 0 Å². The number of fused-ring (bicyclic) bond motifs is 1. The molecule has 2 aromatic heterocycles. The summed E-state index contributed by atoms with van der Waals surface area (Å²) in [6, 6.07) is 9.84. The highest BCUT2D eigenvalue weighted by Gasteiger charge is 2.17. The summed E-state index contributed by atoms with van der Waals surface area (Å²) in [6.07, 6.45) is 2.76. The van der Waals surface area contributed by atoms with E-state index in [0.717, 1.165) is 32.2 Å². The number of aromatic nitrogens is 1. The van der Waals surface area contributed by atoms with Crippen LogP contribution in [0.4, 0.5) is 0 Å². The Morgan fingerprint density at radius 3 is 2.89 bits per heavy atom. The van der Waals surface area contributed by atoms with Crippen LogP contribution in [0.25, 0.3) is 10.9 Å². The molecule has 0 spiro atoms. The molecule has 0 saturated carbocycles. The molecule has 0 aliphatic rings. The molecule has 0 saturated heterocycles. The number of nitrogens with one attached hydrogen (secondary N) is 1. The second-order valence-corrected chi connectivity index (χ2v) is 6.34. The first-order valence-corrected chi connectivity index (χ1v) is 7.70. The summed E-state index contributed by atoms with van der Waals surface area (Å²) in [7, 11) is 0. The number of aryl methyl sites for hydroxylation is 1. The van der Waals surface area contributed by atoms with Crippen LogP contribution >= 0.6 is 27.3 Å². The molecule has 1 N–H and O–H groups in total. The van der Waals surface area contributed by atoms with Crippen LogP contribution in [0.3, 0.4) is 0 Å². The van der Waals surface area contributed by atoms with Gasteiger partial charge in [0.15, 0.2) is 0 Å². The van der Waals surface area contributed by atoms with Crippen LogP contribution in [0.15, 0.2) is 41.0 Å². The maximum Gasteiger partial charge on any atom is 0.205 e. The summed E-state index contributed by atoms with van der Waals surface area (Å²) >= 11 is 5.09. The Hall–Kier alpha value is -1.39. The molecule has 0 atom stereocenters. The summed E-state index contributed by atoms with van der Waals surface area (Å²) in [5.41, 5.74) is 1.71. The van der Waals surface area contributed by atoms with Crippen LogP contribution in [0.1, 0.15) is 27.0 Å². The molecule has 2 heterocycles. The van der Waals surface area contributed by atoms with E-state index in [-0.39, 0.29) is 5.78 Å². The van der Waals surface area contributed by atoms with Crippen molar-refractivity contribution in [1.29, 1.82) is 0 Å². The minimum atomic E-state index is 0.0860. The molecular formula is C15H12BrNOS. The highest BCUT2D eigenvalue weighted by molar-refractivity contribution is 9.10. The molecule has 1 aromatic carbocycles. The smallest absolute Gasteiger partial charge is 0.205 e. The van der Waals surface area contributed by atoms with Crippen molar-refractivity contribution in [3.8, 4) is 0 Å². The molecule has 0 unspecified atom stereocenters. The zero-order chi connectivity index (χ0) is 13.4. The first kappa shape index (κ1) is 12.6. The van der Waals surface area contributed by atoms with E-state index in [1.54, 1.807) is 17.5 Å². The van der Waals surface area contributed by atoms with Crippen molar-refractivity contribution >= 4 is 44.0 Å². The molecule has 96 valence electrons. The first-order chi connectivity index (χ1) is 9.20. The van der Waals surface area contributed by atoms with Gasteiger partial charge in [-0.15, -0.1) is 11.3 Å². The normalized spacial score (nSPS) is 11.1. The van der Waals surface area contributed by atoms with E-state index in [1.807, 2.05) is 30.3 Å². The maximum absolute atomic E-state index is 12.6. The number of thiophene rings is 1. The standard InChI is InChI=1S/C15H12BrNOS/c1-2-9-6-7-13(19-9)15(18)10-8-17-12-5-3-4-11(16)14(10)12/h3-8,17H,2H2,1H3. The van der Waals surface area contributed by atoms with Crippen molar-refractivity contribution in [3.05, 3.63) is 56.3 Å². The molecule has 4 heteroatoms. The number of hydrogen-bond donors (Lipinski definition) is 1. The Labute approximate surface area is 123 Å². The number of aromatic amines is 1. The number of H-pyrrole nitrogens is 1. The average Bonchev–Trinajstić information content (AvgIpc) is 3.05. The number of rotatable bonds is 3. The molecule has 0 fully saturated rings. The van der Waals surface area contributed by atoms with Gasteiger partial charge in [-0.2, -0.15) is 0 Å². The fourth-order valence-corrected chi connectivity index (χ4v) is 3.62. The zero-order valence-corrected chi connectivity index (χ0v) is 12.8. The van der Waals surface area contributed by atoms with Gasteiger partial charge in [-0.1, -0.05) is 28.9 Å². The molecule has 3 aromatic rings. The Kier molecular flexibility index (Phi) is 3.29. The van der Waals surface area contributed by atoms with Crippen LogP contribution in [0.2, 0.25) is 0 Å². The molecule has 0 aliphatic carbocycles. The summed E-state index contributed by atoms with van der Waals surface area (Å²) < 4.78 is 0.946. The summed E-state index contributed by atoms with van der Waals surface area (Å²) in [5, 5.41) is 0.957. The SMILES string of the molecule is CCc1ccc(C(=O)c2c[nH]c3cccc(Br)c23)s1. The number of benzene rings is 1. The minimum Gasteiger partial charge on any atom is -0.360 e. The lowest BCUT2D eigenvalue weighted by Crippen LogP contribution is -1.97. The molecule has 0 radical (unpaired) electrons. The minimum absolute atomic E-state index is 0.0860. The van der Waals surface area contributed by atoms with Crippen LogP contribution in [0, 0.1) is 0 Å². The van der Waals surface area contributed by atoms with Crippen molar-refractivity contribution in [2.45, 2.75) is 13.3 Å². The van der Waals surface area contributed by atoms with E-state index in [1.165, 1.54) is 4.88 Å². The van der Waals surface area contributed by atoms with E-state index in [4.69, 9.17) is 0 Å². The lowest BCUT2D eigenvalue weighted by atomic mass is 10.1. The van der Waals surface area contributed by atoms with Crippen molar-refractivity contribution in [2.24, 2.45) is 0 Å². The molecule has 3 rings (SSSR count). The summed E-state index contributed by atoms with van der Waals surface area (Å²) in [4.78, 5) is 17.8. The third-order valence-electron chi connectivity index (χ3n) is 3.13. The molecule has 0 aliphatic heterocycles. The Morgan fingerprint density at radius 2 is 2.16 bits per heavy atom. The number of hydrogen-bond acceptors (Lipinski definition) is 2. The van der Waals surface area contributed by atoms with Crippen LogP contribution < -0.4 is 0 Å². The zero-order valence-electron chi connectivity index (χ0n) is 10.4. The Morgan fingerprint density at radius 1 is 1.32 bits per heavy atom. The molecule has 19 heavy (non-hydrogen) atoms. The van der Waals surface area contributed by atoms with Crippen LogP contribution in [0.5, 0.6) is 0 Å². The van der Waals surface area contributed by atoms with Gasteiger partial charge in [0.25, 0.3) is 0 Å². The van der Waals surface area contributed by atoms with E-state index < -0.39 is 0 Å². The Balaban J connectivity index is 2.11. The van der Waals surface area contributed by atoms with E-state index in [0.29, 0.717) is 0 Å². The van der Waals surface area contributed by atoms with Crippen LogP contribution in [-0.4, -0.2) is 10.8 Å². The van der Waals surface area contributed by atoms with Gasteiger partial charge < -0.3 is 4.98 Å². The van der Waals surface area contributed by atoms with E-state index >= 15 is 0 Å². The number of ketones is 1. The largest absolute Gasteiger partial charge is 0.360 e. The topological polar surface area (TPSA) is 32.9 Å². The van der Waals surface area contributed by atoms with E-state index in [9.17, 15) is 4.79 Å². The predicted molar refractivity (Wildman–Crippen MR) is 83.1 cm³/mol. The average molecular weight is 334 g/mol. The molecule has 2 nitrogen and oxygen atoms in total. The monoisotopic (exact) mass is 333 g/mol. The first-order valence-electron chi connectivity index (χ1n) is 6.09. The van der Waals surface area contributed by atoms with Gasteiger partial charge in [0, 0.05) is 32.0 Å². The molecule has 0 bridgehead atoms. The summed E-state index contributed by atoms with van der Waals surface area (Å²) in [5.74, 6) is 0.0860. The summed E-state index contributed by atoms with van der Waals surface area (Å²) in [6.45, 7) is 2.10. The Bertz CT molecular complexity index is 756. The number of carbonyl (C=O) groups excluding carboxylic acids is 1. The quantitative estimate of drug-likeness (QED) is 0.687. The number of carbonyl (C=O) groups is 1. The second kappa shape index (κ2) is 4.94. The van der Waals surface area contributed by atoms with Crippen molar-refractivity contribution < 1.29 is 4.79 Å². The fraction of sp³-hybridized carbons (Fsp3) is 0.133. The number of halogens is 1.